The molecule has 0 bridgehead atoms. The Morgan fingerprint density at radius 1 is 1.50 bits per heavy atom. The summed E-state index contributed by atoms with van der Waals surface area (Å²) in [4.78, 5) is 0. The first-order chi connectivity index (χ1) is 6.63. The first-order valence-corrected chi connectivity index (χ1v) is 5.03. The van der Waals surface area contributed by atoms with Crippen molar-refractivity contribution in [3.63, 3.8) is 0 Å². The lowest BCUT2D eigenvalue weighted by Crippen LogP contribution is -2.17. The van der Waals surface area contributed by atoms with Gasteiger partial charge in [0.2, 0.25) is 0 Å². The summed E-state index contributed by atoms with van der Waals surface area (Å²) in [5.41, 5.74) is 0. The number of methoxy groups -OCH3 is 1. The molecule has 0 aliphatic rings. The molecule has 1 aromatic rings. The summed E-state index contributed by atoms with van der Waals surface area (Å²) in [6.07, 6.45) is -0.0828. The van der Waals surface area contributed by atoms with E-state index in [0.717, 1.165) is 0 Å². The van der Waals surface area contributed by atoms with Crippen LogP contribution in [0.4, 0.5) is 4.39 Å². The third kappa shape index (κ3) is 3.27. The molecule has 0 aliphatic heterocycles. The molecule has 0 saturated heterocycles. The zero-order valence-corrected chi connectivity index (χ0v) is 9.67. The van der Waals surface area contributed by atoms with E-state index in [4.69, 9.17) is 9.47 Å². The molecule has 78 valence electrons. The molecule has 0 radical (unpaired) electrons. The Kier molecular flexibility index (Phi) is 4.35. The number of hydrogen-bond donors (Lipinski definition) is 0. The normalized spacial score (nSPS) is 12.6. The lowest BCUT2D eigenvalue weighted by Gasteiger charge is -2.13. The van der Waals surface area contributed by atoms with Crippen LogP contribution in [0.25, 0.3) is 0 Å². The minimum Gasteiger partial charge on any atom is -0.488 e. The minimum absolute atomic E-state index is 0.0828. The highest BCUT2D eigenvalue weighted by atomic mass is 79.9. The van der Waals surface area contributed by atoms with Crippen molar-refractivity contribution in [2.75, 3.05) is 13.7 Å². The summed E-state index contributed by atoms with van der Waals surface area (Å²) in [6, 6.07) is 4.67. The number of rotatable bonds is 4. The standard InChI is InChI=1S/C10H12BrFO2/c1-7(6-13-2)14-8-3-4-9(11)10(12)5-8/h3-5,7H,6H2,1-2H3. The lowest BCUT2D eigenvalue weighted by molar-refractivity contribution is 0.0918. The molecule has 1 rings (SSSR count). The van der Waals surface area contributed by atoms with Crippen LogP contribution in [0.3, 0.4) is 0 Å². The van der Waals surface area contributed by atoms with Gasteiger partial charge >= 0.3 is 0 Å². The van der Waals surface area contributed by atoms with Gasteiger partial charge in [-0.05, 0) is 35.0 Å². The van der Waals surface area contributed by atoms with Crippen molar-refractivity contribution in [1.29, 1.82) is 0 Å². The summed E-state index contributed by atoms with van der Waals surface area (Å²) in [7, 11) is 1.60. The van der Waals surface area contributed by atoms with Crippen molar-refractivity contribution < 1.29 is 13.9 Å². The van der Waals surface area contributed by atoms with E-state index in [0.29, 0.717) is 16.8 Å². The average Bonchev–Trinajstić information content (AvgIpc) is 2.12. The fraction of sp³-hybridized carbons (Fsp3) is 0.400. The first kappa shape index (κ1) is 11.5. The van der Waals surface area contributed by atoms with Crippen LogP contribution in [0.1, 0.15) is 6.92 Å². The van der Waals surface area contributed by atoms with Gasteiger partial charge in [-0.15, -0.1) is 0 Å². The van der Waals surface area contributed by atoms with Crippen LogP contribution in [0.2, 0.25) is 0 Å². The largest absolute Gasteiger partial charge is 0.488 e. The lowest BCUT2D eigenvalue weighted by atomic mass is 10.3. The van der Waals surface area contributed by atoms with Crippen molar-refractivity contribution in [3.8, 4) is 5.75 Å². The van der Waals surface area contributed by atoms with Gasteiger partial charge in [-0.3, -0.25) is 0 Å². The molecule has 0 saturated carbocycles. The van der Waals surface area contributed by atoms with E-state index < -0.39 is 0 Å². The zero-order valence-electron chi connectivity index (χ0n) is 8.09. The van der Waals surface area contributed by atoms with Crippen molar-refractivity contribution in [3.05, 3.63) is 28.5 Å². The van der Waals surface area contributed by atoms with E-state index in [1.54, 1.807) is 19.2 Å². The van der Waals surface area contributed by atoms with E-state index >= 15 is 0 Å². The second kappa shape index (κ2) is 5.32. The van der Waals surface area contributed by atoms with Gasteiger partial charge in [0, 0.05) is 13.2 Å². The summed E-state index contributed by atoms with van der Waals surface area (Å²) >= 11 is 3.07. The van der Waals surface area contributed by atoms with E-state index in [1.807, 2.05) is 6.92 Å². The Morgan fingerprint density at radius 2 is 2.21 bits per heavy atom. The second-order valence-electron chi connectivity index (χ2n) is 2.96. The van der Waals surface area contributed by atoms with Gasteiger partial charge in [0.15, 0.2) is 0 Å². The molecule has 1 aromatic carbocycles. The van der Waals surface area contributed by atoms with Crippen LogP contribution < -0.4 is 4.74 Å². The van der Waals surface area contributed by atoms with Crippen molar-refractivity contribution in [1.82, 2.24) is 0 Å². The molecule has 0 heterocycles. The van der Waals surface area contributed by atoms with E-state index in [-0.39, 0.29) is 11.9 Å². The summed E-state index contributed by atoms with van der Waals surface area (Å²) in [6.45, 7) is 2.35. The van der Waals surface area contributed by atoms with Crippen LogP contribution >= 0.6 is 15.9 Å². The topological polar surface area (TPSA) is 18.5 Å². The highest BCUT2D eigenvalue weighted by Gasteiger charge is 2.05. The summed E-state index contributed by atoms with van der Waals surface area (Å²) in [5.74, 6) is 0.183. The predicted octanol–water partition coefficient (Wildman–Crippen LogP) is 3.00. The second-order valence-corrected chi connectivity index (χ2v) is 3.81. The number of halogens is 2. The van der Waals surface area contributed by atoms with E-state index in [1.165, 1.54) is 6.07 Å². The maximum absolute atomic E-state index is 13.1. The van der Waals surface area contributed by atoms with Gasteiger partial charge in [0.1, 0.15) is 17.7 Å². The Bertz CT molecular complexity index is 304. The third-order valence-corrected chi connectivity index (χ3v) is 2.27. The van der Waals surface area contributed by atoms with Gasteiger partial charge < -0.3 is 9.47 Å². The number of benzene rings is 1. The molecule has 0 amide bonds. The SMILES string of the molecule is COCC(C)Oc1ccc(Br)c(F)c1. The Hall–Kier alpha value is -0.610. The highest BCUT2D eigenvalue weighted by Crippen LogP contribution is 2.21. The fourth-order valence-electron chi connectivity index (χ4n) is 1.05. The van der Waals surface area contributed by atoms with Gasteiger partial charge in [0.25, 0.3) is 0 Å². The van der Waals surface area contributed by atoms with Crippen LogP contribution in [0, 0.1) is 5.82 Å². The molecule has 0 spiro atoms. The van der Waals surface area contributed by atoms with Crippen LogP contribution in [-0.2, 0) is 4.74 Å². The highest BCUT2D eigenvalue weighted by molar-refractivity contribution is 9.10. The Balaban J connectivity index is 2.63. The number of hydrogen-bond acceptors (Lipinski definition) is 2. The Labute approximate surface area is 91.2 Å². The molecular weight excluding hydrogens is 251 g/mol. The quantitative estimate of drug-likeness (QED) is 0.831. The molecule has 2 nitrogen and oxygen atoms in total. The molecule has 4 heteroatoms. The van der Waals surface area contributed by atoms with Crippen molar-refractivity contribution >= 4 is 15.9 Å². The summed E-state index contributed by atoms with van der Waals surface area (Å²) in [5, 5.41) is 0. The zero-order chi connectivity index (χ0) is 10.6. The minimum atomic E-state index is -0.327. The first-order valence-electron chi connectivity index (χ1n) is 4.24. The maximum atomic E-state index is 13.1. The number of ether oxygens (including phenoxy) is 2. The van der Waals surface area contributed by atoms with Gasteiger partial charge in [-0.1, -0.05) is 0 Å². The van der Waals surface area contributed by atoms with E-state index in [9.17, 15) is 4.39 Å². The average molecular weight is 263 g/mol. The van der Waals surface area contributed by atoms with Gasteiger partial charge in [-0.2, -0.15) is 0 Å². The molecule has 1 atom stereocenters. The van der Waals surface area contributed by atoms with Gasteiger partial charge in [-0.25, -0.2) is 4.39 Å². The van der Waals surface area contributed by atoms with Crippen LogP contribution in [0.5, 0.6) is 5.75 Å². The Morgan fingerprint density at radius 3 is 2.79 bits per heavy atom. The van der Waals surface area contributed by atoms with Gasteiger partial charge in [0.05, 0.1) is 11.1 Å². The molecule has 0 aliphatic carbocycles. The smallest absolute Gasteiger partial charge is 0.141 e. The molecule has 0 N–H and O–H groups in total. The summed E-state index contributed by atoms with van der Waals surface area (Å²) < 4.78 is 23.8. The molecular formula is C10H12BrFO2. The van der Waals surface area contributed by atoms with Crippen molar-refractivity contribution in [2.24, 2.45) is 0 Å². The molecule has 0 aromatic heterocycles. The van der Waals surface area contributed by atoms with Crippen LogP contribution in [0.15, 0.2) is 22.7 Å². The predicted molar refractivity (Wildman–Crippen MR) is 56.1 cm³/mol. The maximum Gasteiger partial charge on any atom is 0.141 e. The molecule has 0 fully saturated rings. The van der Waals surface area contributed by atoms with Crippen molar-refractivity contribution in [2.45, 2.75) is 13.0 Å². The van der Waals surface area contributed by atoms with Crippen LogP contribution in [-0.4, -0.2) is 19.8 Å². The third-order valence-electron chi connectivity index (χ3n) is 1.63. The molecule has 1 unspecified atom stereocenters. The molecule has 14 heavy (non-hydrogen) atoms. The van der Waals surface area contributed by atoms with E-state index in [2.05, 4.69) is 15.9 Å². The monoisotopic (exact) mass is 262 g/mol. The fourth-order valence-corrected chi connectivity index (χ4v) is 1.30.